The molecule has 1 atom stereocenters. The van der Waals surface area contributed by atoms with Gasteiger partial charge in [-0.15, -0.1) is 0 Å². The number of hydrogen-bond donors (Lipinski definition) is 1. The molecule has 1 unspecified atom stereocenters. The zero-order valence-electron chi connectivity index (χ0n) is 12.4. The minimum Gasteiger partial charge on any atom is -0.493 e. The highest BCUT2D eigenvalue weighted by atomic mass is 16.5. The van der Waals surface area contributed by atoms with Crippen LogP contribution in [0, 0.1) is 5.92 Å². The highest BCUT2D eigenvalue weighted by Gasteiger charge is 2.24. The molecule has 5 heteroatoms. The van der Waals surface area contributed by atoms with Gasteiger partial charge in [-0.25, -0.2) is 4.79 Å². The molecule has 2 aliphatic rings. The lowest BCUT2D eigenvalue weighted by Crippen LogP contribution is -2.42. The molecule has 2 heterocycles. The van der Waals surface area contributed by atoms with E-state index in [0.717, 1.165) is 49.4 Å². The third kappa shape index (κ3) is 3.06. The normalized spacial score (nSPS) is 20.6. The Kier molecular flexibility index (Phi) is 4.18. The predicted octanol–water partition coefficient (Wildman–Crippen LogP) is 2.05. The molecule has 1 aromatic rings. The van der Waals surface area contributed by atoms with Gasteiger partial charge in [0, 0.05) is 25.6 Å². The lowest BCUT2D eigenvalue weighted by molar-refractivity contribution is 0.191. The number of urea groups is 1. The van der Waals surface area contributed by atoms with Gasteiger partial charge in [-0.3, -0.25) is 0 Å². The second-order valence-corrected chi connectivity index (χ2v) is 5.71. The number of carbonyl (C=O) groups is 1. The summed E-state index contributed by atoms with van der Waals surface area (Å²) in [5, 5.41) is 3.03. The van der Waals surface area contributed by atoms with Crippen LogP contribution in [0.3, 0.4) is 0 Å². The van der Waals surface area contributed by atoms with Crippen molar-refractivity contribution >= 4 is 6.03 Å². The summed E-state index contributed by atoms with van der Waals surface area (Å²) in [6.07, 6.45) is 3.15. The van der Waals surface area contributed by atoms with Crippen LogP contribution in [0.2, 0.25) is 0 Å². The molecule has 0 aromatic heterocycles. The third-order valence-electron chi connectivity index (χ3n) is 4.19. The first kappa shape index (κ1) is 14.0. The van der Waals surface area contributed by atoms with Crippen molar-refractivity contribution in [1.29, 1.82) is 0 Å². The Bertz CT molecular complexity index is 512. The van der Waals surface area contributed by atoms with Gasteiger partial charge in [0.25, 0.3) is 0 Å². The number of rotatable bonds is 3. The summed E-state index contributed by atoms with van der Waals surface area (Å²) in [6.45, 7) is 3.04. The molecule has 0 saturated carbocycles. The number of hydrogen-bond acceptors (Lipinski definition) is 3. The smallest absolute Gasteiger partial charge is 0.317 e. The highest BCUT2D eigenvalue weighted by Crippen LogP contribution is 2.35. The Morgan fingerprint density at radius 2 is 2.24 bits per heavy atom. The van der Waals surface area contributed by atoms with Gasteiger partial charge in [-0.05, 0) is 30.9 Å². The van der Waals surface area contributed by atoms with Crippen molar-refractivity contribution in [2.24, 2.45) is 5.92 Å². The number of para-hydroxylation sites is 1. The van der Waals surface area contributed by atoms with Crippen molar-refractivity contribution < 1.29 is 14.3 Å². The number of nitrogens with one attached hydrogen (secondary N) is 1. The van der Waals surface area contributed by atoms with Crippen LogP contribution in [0.1, 0.15) is 18.4 Å². The molecule has 21 heavy (non-hydrogen) atoms. The number of fused-ring (bicyclic) bond motifs is 1. The molecule has 1 aromatic carbocycles. The molecule has 1 saturated heterocycles. The van der Waals surface area contributed by atoms with Crippen molar-refractivity contribution in [3.63, 3.8) is 0 Å². The van der Waals surface area contributed by atoms with E-state index in [1.54, 1.807) is 7.11 Å². The summed E-state index contributed by atoms with van der Waals surface area (Å²) >= 11 is 0. The fraction of sp³-hybridized carbons (Fsp3) is 0.562. The molecule has 114 valence electrons. The Labute approximate surface area is 125 Å². The third-order valence-corrected chi connectivity index (χ3v) is 4.19. The van der Waals surface area contributed by atoms with E-state index >= 15 is 0 Å². The lowest BCUT2D eigenvalue weighted by atomic mass is 9.96. The first-order valence-corrected chi connectivity index (χ1v) is 7.59. The topological polar surface area (TPSA) is 50.8 Å². The molecule has 0 radical (unpaired) electrons. The second-order valence-electron chi connectivity index (χ2n) is 5.71. The fourth-order valence-corrected chi connectivity index (χ4v) is 3.01. The number of benzene rings is 1. The molecular weight excluding hydrogens is 268 g/mol. The van der Waals surface area contributed by atoms with Crippen molar-refractivity contribution in [3.05, 3.63) is 23.8 Å². The SMILES string of the molecule is COc1cccc2c1OCC(CNC(=O)N1CCCC1)C2. The largest absolute Gasteiger partial charge is 0.493 e. The molecule has 2 aliphatic heterocycles. The Hall–Kier alpha value is -1.91. The zero-order valence-corrected chi connectivity index (χ0v) is 12.4. The van der Waals surface area contributed by atoms with Gasteiger partial charge in [0.1, 0.15) is 0 Å². The van der Waals surface area contributed by atoms with E-state index in [-0.39, 0.29) is 6.03 Å². The average Bonchev–Trinajstić information content (AvgIpc) is 3.06. The van der Waals surface area contributed by atoms with E-state index in [4.69, 9.17) is 9.47 Å². The number of amides is 2. The number of ether oxygens (including phenoxy) is 2. The van der Waals surface area contributed by atoms with Crippen LogP contribution in [0.4, 0.5) is 4.79 Å². The Balaban J connectivity index is 1.55. The predicted molar refractivity (Wildman–Crippen MR) is 79.9 cm³/mol. The van der Waals surface area contributed by atoms with E-state index in [1.807, 2.05) is 17.0 Å². The van der Waals surface area contributed by atoms with Gasteiger partial charge < -0.3 is 19.7 Å². The molecule has 2 amide bonds. The van der Waals surface area contributed by atoms with Crippen molar-refractivity contribution in [2.75, 3.05) is 33.4 Å². The summed E-state index contributed by atoms with van der Waals surface area (Å²) in [6, 6.07) is 6.01. The van der Waals surface area contributed by atoms with Crippen LogP contribution in [-0.4, -0.2) is 44.3 Å². The van der Waals surface area contributed by atoms with Crippen LogP contribution in [0.15, 0.2) is 18.2 Å². The summed E-state index contributed by atoms with van der Waals surface area (Å²) in [5.41, 5.74) is 1.15. The van der Waals surface area contributed by atoms with Gasteiger partial charge in [0.2, 0.25) is 0 Å². The van der Waals surface area contributed by atoms with Gasteiger partial charge in [0.05, 0.1) is 13.7 Å². The highest BCUT2D eigenvalue weighted by molar-refractivity contribution is 5.74. The summed E-state index contributed by atoms with van der Waals surface area (Å²) in [7, 11) is 1.65. The van der Waals surface area contributed by atoms with Crippen LogP contribution >= 0.6 is 0 Å². The van der Waals surface area contributed by atoms with Gasteiger partial charge >= 0.3 is 6.03 Å². The molecule has 1 fully saturated rings. The van der Waals surface area contributed by atoms with Crippen LogP contribution in [-0.2, 0) is 6.42 Å². The van der Waals surface area contributed by atoms with Crippen molar-refractivity contribution in [1.82, 2.24) is 10.2 Å². The molecule has 0 bridgehead atoms. The summed E-state index contributed by atoms with van der Waals surface area (Å²) in [5.74, 6) is 1.95. The van der Waals surface area contributed by atoms with Gasteiger partial charge in [-0.2, -0.15) is 0 Å². The fourth-order valence-electron chi connectivity index (χ4n) is 3.01. The van der Waals surface area contributed by atoms with Crippen LogP contribution < -0.4 is 14.8 Å². The van der Waals surface area contributed by atoms with Crippen molar-refractivity contribution in [3.8, 4) is 11.5 Å². The molecular formula is C16H22N2O3. The molecule has 0 spiro atoms. The molecule has 1 N–H and O–H groups in total. The number of likely N-dealkylation sites (tertiary alicyclic amines) is 1. The summed E-state index contributed by atoms with van der Waals surface area (Å²) in [4.78, 5) is 13.9. The van der Waals surface area contributed by atoms with Crippen LogP contribution in [0.25, 0.3) is 0 Å². The first-order chi connectivity index (χ1) is 10.3. The molecule has 5 nitrogen and oxygen atoms in total. The summed E-state index contributed by atoms with van der Waals surface area (Å²) < 4.78 is 11.1. The van der Waals surface area contributed by atoms with E-state index in [2.05, 4.69) is 11.4 Å². The quantitative estimate of drug-likeness (QED) is 0.927. The maximum absolute atomic E-state index is 12.0. The first-order valence-electron chi connectivity index (χ1n) is 7.59. The maximum atomic E-state index is 12.0. The average molecular weight is 290 g/mol. The molecule has 0 aliphatic carbocycles. The van der Waals surface area contributed by atoms with Gasteiger partial charge in [-0.1, -0.05) is 12.1 Å². The number of methoxy groups -OCH3 is 1. The maximum Gasteiger partial charge on any atom is 0.317 e. The van der Waals surface area contributed by atoms with Crippen molar-refractivity contribution in [2.45, 2.75) is 19.3 Å². The molecule has 3 rings (SSSR count). The number of carbonyl (C=O) groups excluding carboxylic acids is 1. The monoisotopic (exact) mass is 290 g/mol. The van der Waals surface area contributed by atoms with Gasteiger partial charge in [0.15, 0.2) is 11.5 Å². The van der Waals surface area contributed by atoms with E-state index in [0.29, 0.717) is 19.1 Å². The number of nitrogens with zero attached hydrogens (tertiary/aromatic N) is 1. The second kappa shape index (κ2) is 6.24. The Morgan fingerprint density at radius 3 is 3.00 bits per heavy atom. The minimum absolute atomic E-state index is 0.0592. The standard InChI is InChI=1S/C16H22N2O3/c1-20-14-6-4-5-13-9-12(11-21-15(13)14)10-17-16(19)18-7-2-3-8-18/h4-6,12H,2-3,7-11H2,1H3,(H,17,19). The van der Waals surface area contributed by atoms with E-state index < -0.39 is 0 Å². The zero-order chi connectivity index (χ0) is 14.7. The van der Waals surface area contributed by atoms with Crippen LogP contribution in [0.5, 0.6) is 11.5 Å². The lowest BCUT2D eigenvalue weighted by Gasteiger charge is -2.27. The Morgan fingerprint density at radius 1 is 1.43 bits per heavy atom. The van der Waals surface area contributed by atoms with E-state index in [1.165, 1.54) is 0 Å². The minimum atomic E-state index is 0.0592. The van der Waals surface area contributed by atoms with E-state index in [9.17, 15) is 4.79 Å².